The molecule has 1 amide bonds. The van der Waals surface area contributed by atoms with Crippen molar-refractivity contribution >= 4 is 36.8 Å². The molecule has 0 unspecified atom stereocenters. The molecule has 0 spiro atoms. The molecule has 1 aromatic heterocycles. The number of amides is 1. The van der Waals surface area contributed by atoms with Gasteiger partial charge in [-0.2, -0.15) is 4.98 Å². The number of benzene rings is 3. The van der Waals surface area contributed by atoms with Crippen LogP contribution >= 0.6 is 19.2 Å². The second-order valence-electron chi connectivity index (χ2n) is 9.82. The molecule has 0 atom stereocenters. The summed E-state index contributed by atoms with van der Waals surface area (Å²) >= 11 is 6.11. The highest BCUT2D eigenvalue weighted by Gasteiger charge is 2.24. The topological polar surface area (TPSA) is 93.9 Å². The summed E-state index contributed by atoms with van der Waals surface area (Å²) in [5.74, 6) is 0.614. The quantitative estimate of drug-likeness (QED) is 0.135. The van der Waals surface area contributed by atoms with Crippen LogP contribution in [0, 0.1) is 0 Å². The first-order valence-corrected chi connectivity index (χ1v) is 16.2. The molecule has 0 aliphatic heterocycles. The molecular formula is C32H37ClN3O5P. The van der Waals surface area contributed by atoms with Crippen LogP contribution in [0.5, 0.6) is 0 Å². The van der Waals surface area contributed by atoms with Gasteiger partial charge in [0.2, 0.25) is 5.91 Å². The number of halogens is 1. The van der Waals surface area contributed by atoms with E-state index in [0.29, 0.717) is 55.7 Å². The molecule has 0 radical (unpaired) electrons. The molecule has 0 aliphatic carbocycles. The van der Waals surface area contributed by atoms with Crippen LogP contribution in [-0.4, -0.2) is 31.2 Å². The van der Waals surface area contributed by atoms with Gasteiger partial charge in [0.1, 0.15) is 11.5 Å². The summed E-state index contributed by atoms with van der Waals surface area (Å²) in [7, 11) is -1.25. The summed E-state index contributed by atoms with van der Waals surface area (Å²) in [6.07, 6.45) is 1.61. The Hall–Kier alpha value is -3.42. The molecule has 0 saturated carbocycles. The fourth-order valence-corrected chi connectivity index (χ4v) is 6.33. The third-order valence-corrected chi connectivity index (χ3v) is 8.77. The minimum Gasteiger partial charge on any atom is -0.428 e. The van der Waals surface area contributed by atoms with E-state index in [1.807, 2.05) is 66.5 Å². The number of carbonyl (C=O) groups excluding carboxylic acids is 1. The molecule has 0 bridgehead atoms. The lowest BCUT2D eigenvalue weighted by molar-refractivity contribution is -0.116. The summed E-state index contributed by atoms with van der Waals surface area (Å²) in [6.45, 7) is 4.85. The average molecular weight is 610 g/mol. The van der Waals surface area contributed by atoms with Gasteiger partial charge in [0.25, 0.3) is 6.01 Å². The number of rotatable bonds is 15. The zero-order valence-corrected chi connectivity index (χ0v) is 25.9. The van der Waals surface area contributed by atoms with Crippen LogP contribution in [0.15, 0.2) is 83.3 Å². The first-order valence-electron chi connectivity index (χ1n) is 14.1. The lowest BCUT2D eigenvalue weighted by atomic mass is 10.1. The largest absolute Gasteiger partial charge is 0.428 e. The monoisotopic (exact) mass is 609 g/mol. The zero-order chi connectivity index (χ0) is 30.0. The first kappa shape index (κ1) is 31.5. The molecule has 0 aliphatic rings. The van der Waals surface area contributed by atoms with Crippen molar-refractivity contribution < 1.29 is 22.8 Å². The van der Waals surface area contributed by atoms with E-state index < -0.39 is 7.60 Å². The summed E-state index contributed by atoms with van der Waals surface area (Å²) in [5, 5.41) is 3.58. The molecule has 1 N–H and O–H groups in total. The SMILES string of the molecule is CCOP(=O)(Cc1ccc(NC(=O)CCCc2oc(N(C)Cc3ccccc3)nc2-c2ccc(Cl)cc2)cc1)OCC. The van der Waals surface area contributed by atoms with E-state index >= 15 is 0 Å². The molecule has 10 heteroatoms. The Morgan fingerprint density at radius 1 is 0.952 bits per heavy atom. The number of hydrogen-bond acceptors (Lipinski definition) is 7. The van der Waals surface area contributed by atoms with Crippen LogP contribution < -0.4 is 10.2 Å². The van der Waals surface area contributed by atoms with E-state index in [9.17, 15) is 9.36 Å². The van der Waals surface area contributed by atoms with Gasteiger partial charge in [-0.25, -0.2) is 0 Å². The van der Waals surface area contributed by atoms with Gasteiger partial charge in [0.05, 0.1) is 19.4 Å². The van der Waals surface area contributed by atoms with E-state index in [1.165, 1.54) is 0 Å². The van der Waals surface area contributed by atoms with Crippen LogP contribution in [0.1, 0.15) is 43.6 Å². The summed E-state index contributed by atoms with van der Waals surface area (Å²) in [6, 6.07) is 25.4. The van der Waals surface area contributed by atoms with Crippen molar-refractivity contribution in [2.24, 2.45) is 0 Å². The molecule has 0 fully saturated rings. The van der Waals surface area contributed by atoms with Crippen molar-refractivity contribution in [3.05, 3.63) is 101 Å². The zero-order valence-electron chi connectivity index (χ0n) is 24.2. The minimum atomic E-state index is -3.19. The second kappa shape index (κ2) is 15.2. The van der Waals surface area contributed by atoms with Crippen LogP contribution in [-0.2, 0) is 37.5 Å². The Bertz CT molecular complexity index is 1470. The lowest BCUT2D eigenvalue weighted by Crippen LogP contribution is -2.16. The van der Waals surface area contributed by atoms with Crippen LogP contribution in [0.4, 0.5) is 11.7 Å². The second-order valence-corrected chi connectivity index (χ2v) is 12.3. The molecule has 42 heavy (non-hydrogen) atoms. The molecule has 4 rings (SSSR count). The number of carbonyl (C=O) groups is 1. The van der Waals surface area contributed by atoms with Gasteiger partial charge in [-0.1, -0.05) is 66.2 Å². The summed E-state index contributed by atoms with van der Waals surface area (Å²) in [4.78, 5) is 19.5. The van der Waals surface area contributed by atoms with E-state index in [-0.39, 0.29) is 12.1 Å². The standard InChI is InChI=1S/C32H37ClN3O5P/c1-4-39-42(38,40-5-2)23-25-14-20-28(21-15-25)34-30(37)13-9-12-29-31(26-16-18-27(33)19-17-26)35-32(41-29)36(3)22-24-10-7-6-8-11-24/h6-8,10-11,14-21H,4-5,9,12-13,22-23H2,1-3H3,(H,34,37). The number of hydrogen-bond donors (Lipinski definition) is 1. The Morgan fingerprint density at radius 2 is 1.62 bits per heavy atom. The first-order chi connectivity index (χ1) is 20.3. The molecule has 222 valence electrons. The van der Waals surface area contributed by atoms with Crippen molar-refractivity contribution in [1.82, 2.24) is 4.98 Å². The molecule has 8 nitrogen and oxygen atoms in total. The van der Waals surface area contributed by atoms with E-state index in [0.717, 1.165) is 28.1 Å². The number of aromatic nitrogens is 1. The summed E-state index contributed by atoms with van der Waals surface area (Å²) < 4.78 is 29.8. The van der Waals surface area contributed by atoms with E-state index in [4.69, 9.17) is 30.0 Å². The third kappa shape index (κ3) is 9.04. The van der Waals surface area contributed by atoms with Gasteiger partial charge in [0.15, 0.2) is 0 Å². The van der Waals surface area contributed by atoms with Crippen LogP contribution in [0.25, 0.3) is 11.3 Å². The van der Waals surface area contributed by atoms with E-state index in [2.05, 4.69) is 17.4 Å². The predicted octanol–water partition coefficient (Wildman–Crippen LogP) is 8.36. The highest BCUT2D eigenvalue weighted by Crippen LogP contribution is 2.51. The Balaban J connectivity index is 1.37. The molecule has 3 aromatic carbocycles. The van der Waals surface area contributed by atoms with Gasteiger partial charge >= 0.3 is 7.60 Å². The number of nitrogens with zero attached hydrogens (tertiary/aromatic N) is 2. The molecule has 4 aromatic rings. The van der Waals surface area contributed by atoms with E-state index in [1.54, 1.807) is 26.0 Å². The smallest absolute Gasteiger partial charge is 0.335 e. The number of aryl methyl sites for hydroxylation is 1. The molecular weight excluding hydrogens is 573 g/mol. The van der Waals surface area contributed by atoms with Gasteiger partial charge in [0, 0.05) is 42.7 Å². The maximum Gasteiger partial charge on any atom is 0.335 e. The van der Waals surface area contributed by atoms with Gasteiger partial charge < -0.3 is 23.7 Å². The minimum absolute atomic E-state index is 0.106. The maximum absolute atomic E-state index is 12.8. The average Bonchev–Trinajstić information content (AvgIpc) is 3.39. The lowest BCUT2D eigenvalue weighted by Gasteiger charge is -2.17. The fourth-order valence-electron chi connectivity index (χ4n) is 4.50. The molecule has 0 saturated heterocycles. The van der Waals surface area contributed by atoms with Crippen LogP contribution in [0.3, 0.4) is 0 Å². The van der Waals surface area contributed by atoms with Gasteiger partial charge in [-0.15, -0.1) is 0 Å². The third-order valence-electron chi connectivity index (χ3n) is 6.47. The number of oxazole rings is 1. The normalized spacial score (nSPS) is 11.4. The summed E-state index contributed by atoms with van der Waals surface area (Å²) in [5.41, 5.74) is 4.27. The number of anilines is 2. The fraction of sp³-hybridized carbons (Fsp3) is 0.312. The molecule has 1 heterocycles. The van der Waals surface area contributed by atoms with Crippen molar-refractivity contribution in [1.29, 1.82) is 0 Å². The van der Waals surface area contributed by atoms with Gasteiger partial charge in [-0.05, 0) is 55.7 Å². The Morgan fingerprint density at radius 3 is 2.26 bits per heavy atom. The predicted molar refractivity (Wildman–Crippen MR) is 168 cm³/mol. The highest BCUT2D eigenvalue weighted by molar-refractivity contribution is 7.53. The Kier molecular flexibility index (Phi) is 11.4. The van der Waals surface area contributed by atoms with Crippen molar-refractivity contribution in [3.8, 4) is 11.3 Å². The maximum atomic E-state index is 12.8. The number of nitrogens with one attached hydrogen (secondary N) is 1. The van der Waals surface area contributed by atoms with Crippen molar-refractivity contribution in [2.45, 2.75) is 45.8 Å². The Labute approximate surface area is 252 Å². The van der Waals surface area contributed by atoms with Crippen molar-refractivity contribution in [3.63, 3.8) is 0 Å². The van der Waals surface area contributed by atoms with Crippen molar-refractivity contribution in [2.75, 3.05) is 30.5 Å². The van der Waals surface area contributed by atoms with Crippen LogP contribution in [0.2, 0.25) is 5.02 Å². The van der Waals surface area contributed by atoms with Gasteiger partial charge in [-0.3, -0.25) is 9.36 Å². The highest BCUT2D eigenvalue weighted by atomic mass is 35.5.